The Labute approximate surface area is 184 Å². The van der Waals surface area contributed by atoms with Crippen LogP contribution < -0.4 is 10.5 Å². The van der Waals surface area contributed by atoms with Crippen LogP contribution in [0.1, 0.15) is 44.5 Å². The van der Waals surface area contributed by atoms with E-state index in [4.69, 9.17) is 15.5 Å². The van der Waals surface area contributed by atoms with Gasteiger partial charge in [0.1, 0.15) is 5.82 Å². The number of nitrogens with zero attached hydrogens (tertiary/aromatic N) is 4. The third-order valence-corrected chi connectivity index (χ3v) is 6.89. The summed E-state index contributed by atoms with van der Waals surface area (Å²) in [6, 6.07) is 2.26. The van der Waals surface area contributed by atoms with Gasteiger partial charge < -0.3 is 19.8 Å². The third kappa shape index (κ3) is 4.05. The van der Waals surface area contributed by atoms with Crippen LogP contribution in [-0.4, -0.2) is 58.1 Å². The zero-order chi connectivity index (χ0) is 22.6. The molecule has 0 spiro atoms. The van der Waals surface area contributed by atoms with E-state index < -0.39 is 12.1 Å². The Morgan fingerprint density at radius 2 is 1.88 bits per heavy atom. The number of piperidine rings is 1. The summed E-state index contributed by atoms with van der Waals surface area (Å²) in [5.74, 6) is 1.49. The van der Waals surface area contributed by atoms with Crippen molar-refractivity contribution in [3.8, 4) is 17.0 Å². The van der Waals surface area contributed by atoms with Crippen LogP contribution in [0.5, 0.6) is 5.75 Å². The average Bonchev–Trinajstić information content (AvgIpc) is 3.09. The van der Waals surface area contributed by atoms with Gasteiger partial charge in [-0.3, -0.25) is 4.90 Å². The lowest BCUT2D eigenvalue weighted by Gasteiger charge is -2.32. The van der Waals surface area contributed by atoms with Gasteiger partial charge in [-0.2, -0.15) is 0 Å². The number of alkyl halides is 3. The van der Waals surface area contributed by atoms with E-state index in [1.54, 1.807) is 0 Å². The summed E-state index contributed by atoms with van der Waals surface area (Å²) in [6.07, 6.45) is 0.752. The number of nitrogen functional groups attached to an aromatic ring is 1. The van der Waals surface area contributed by atoms with Crippen molar-refractivity contribution in [2.75, 3.05) is 32.0 Å². The molecule has 3 fully saturated rings. The van der Waals surface area contributed by atoms with E-state index in [9.17, 15) is 13.2 Å². The van der Waals surface area contributed by atoms with E-state index in [1.165, 1.54) is 12.3 Å². The Morgan fingerprint density at radius 1 is 1.19 bits per heavy atom. The Hall–Kier alpha value is -2.33. The van der Waals surface area contributed by atoms with Gasteiger partial charge in [0.05, 0.1) is 5.69 Å². The molecule has 174 valence electrons. The van der Waals surface area contributed by atoms with Gasteiger partial charge in [0.15, 0.2) is 11.6 Å². The molecule has 2 aliphatic heterocycles. The van der Waals surface area contributed by atoms with E-state index in [0.29, 0.717) is 35.2 Å². The quantitative estimate of drug-likeness (QED) is 0.745. The maximum absolute atomic E-state index is 12.7. The number of halogens is 3. The molecule has 4 heterocycles. The lowest BCUT2D eigenvalue weighted by molar-refractivity contribution is -0.274. The Morgan fingerprint density at radius 3 is 2.50 bits per heavy atom. The Kier molecular flexibility index (Phi) is 5.32. The van der Waals surface area contributed by atoms with Gasteiger partial charge in [-0.25, -0.2) is 9.97 Å². The lowest BCUT2D eigenvalue weighted by atomic mass is 10.1. The zero-order valence-corrected chi connectivity index (χ0v) is 18.2. The number of likely N-dealkylation sites (tertiary alicyclic amines) is 1. The van der Waals surface area contributed by atoms with Crippen molar-refractivity contribution < 1.29 is 22.6 Å². The fraction of sp³-hybridized carbons (Fsp3) is 0.636. The molecular formula is C22H28F3N5O2. The van der Waals surface area contributed by atoms with Crippen molar-refractivity contribution in [1.82, 2.24) is 19.4 Å². The summed E-state index contributed by atoms with van der Waals surface area (Å²) < 4.78 is 49.9. The minimum atomic E-state index is -4.83. The first-order chi connectivity index (χ1) is 15.2. The largest absolute Gasteiger partial charge is 0.573 e. The van der Waals surface area contributed by atoms with Gasteiger partial charge in [0.25, 0.3) is 0 Å². The minimum Gasteiger partial charge on any atom is -0.402 e. The number of hydrogen-bond donors (Lipinski definition) is 1. The molecule has 2 N–H and O–H groups in total. The topological polar surface area (TPSA) is 78.4 Å². The first-order valence-electron chi connectivity index (χ1n) is 11.1. The van der Waals surface area contributed by atoms with Crippen molar-refractivity contribution in [3.05, 3.63) is 24.3 Å². The van der Waals surface area contributed by atoms with E-state index in [1.807, 2.05) is 6.20 Å². The highest BCUT2D eigenvalue weighted by Gasteiger charge is 2.58. The Balaban J connectivity index is 1.36. The van der Waals surface area contributed by atoms with E-state index in [0.717, 1.165) is 45.0 Å². The molecule has 0 amide bonds. The predicted octanol–water partition coefficient (Wildman–Crippen LogP) is 3.83. The lowest BCUT2D eigenvalue weighted by Crippen LogP contribution is -2.39. The van der Waals surface area contributed by atoms with Crippen molar-refractivity contribution >= 4 is 5.82 Å². The van der Waals surface area contributed by atoms with Gasteiger partial charge in [-0.15, -0.1) is 13.2 Å². The molecule has 1 unspecified atom stereocenters. The SMILES string of the molecule is CC(C)c1nc(-c2cnc(N)c(OC(F)(F)F)c2)cn1C1[C@H]2CN(C3CCOCC3)C[C@@H]12. The van der Waals surface area contributed by atoms with Gasteiger partial charge in [-0.1, -0.05) is 13.8 Å². The first-order valence-corrected chi connectivity index (χ1v) is 11.1. The number of aromatic nitrogens is 3. The van der Waals surface area contributed by atoms with Crippen molar-refractivity contribution in [2.45, 2.75) is 51.1 Å². The molecule has 1 aliphatic carbocycles. The molecule has 0 bridgehead atoms. The van der Waals surface area contributed by atoms with Gasteiger partial charge in [0.2, 0.25) is 0 Å². The molecule has 32 heavy (non-hydrogen) atoms. The monoisotopic (exact) mass is 451 g/mol. The first kappa shape index (κ1) is 21.5. The van der Waals surface area contributed by atoms with Crippen molar-refractivity contribution in [3.63, 3.8) is 0 Å². The van der Waals surface area contributed by atoms with Crippen LogP contribution in [0.2, 0.25) is 0 Å². The second-order valence-electron chi connectivity index (χ2n) is 9.32. The standard InChI is InChI=1S/C22H28F3N5O2/c1-12(2)21-28-17(13-7-18(20(26)27-8-13)32-22(23,24)25)11-30(21)19-15-9-29(10-16(15)19)14-3-5-31-6-4-14/h7-8,11-12,14-16,19H,3-6,9-10H2,1-2H3,(H2,26,27)/t15-,16+,19?. The van der Waals surface area contributed by atoms with Crippen molar-refractivity contribution in [2.24, 2.45) is 11.8 Å². The number of ether oxygens (including phenoxy) is 2. The van der Waals surface area contributed by atoms with Crippen LogP contribution in [0.3, 0.4) is 0 Å². The van der Waals surface area contributed by atoms with Crippen LogP contribution in [-0.2, 0) is 4.74 Å². The molecule has 2 aromatic rings. The summed E-state index contributed by atoms with van der Waals surface area (Å²) in [5.41, 5.74) is 6.61. The second-order valence-corrected chi connectivity index (χ2v) is 9.32. The second kappa shape index (κ2) is 7.91. The molecule has 3 aliphatic rings. The molecular weight excluding hydrogens is 423 g/mol. The maximum atomic E-state index is 12.7. The summed E-state index contributed by atoms with van der Waals surface area (Å²) in [4.78, 5) is 11.3. The Bertz CT molecular complexity index is 974. The molecule has 5 rings (SSSR count). The highest BCUT2D eigenvalue weighted by Crippen LogP contribution is 2.57. The average molecular weight is 451 g/mol. The smallest absolute Gasteiger partial charge is 0.402 e. The van der Waals surface area contributed by atoms with E-state index in [2.05, 4.69) is 33.0 Å². The molecule has 0 radical (unpaired) electrons. The molecule has 10 heteroatoms. The number of anilines is 1. The summed E-state index contributed by atoms with van der Waals surface area (Å²) in [7, 11) is 0. The molecule has 2 aromatic heterocycles. The van der Waals surface area contributed by atoms with Crippen molar-refractivity contribution in [1.29, 1.82) is 0 Å². The fourth-order valence-corrected chi connectivity index (χ4v) is 5.30. The van der Waals surface area contributed by atoms with Crippen LogP contribution >= 0.6 is 0 Å². The molecule has 3 atom stereocenters. The predicted molar refractivity (Wildman–Crippen MR) is 112 cm³/mol. The van der Waals surface area contributed by atoms with Crippen LogP contribution in [0, 0.1) is 11.8 Å². The molecule has 7 nitrogen and oxygen atoms in total. The number of nitrogens with two attached hydrogens (primary N) is 1. The number of hydrogen-bond acceptors (Lipinski definition) is 6. The number of fused-ring (bicyclic) bond motifs is 1. The molecule has 1 saturated carbocycles. The number of pyridine rings is 1. The van der Waals surface area contributed by atoms with Crippen LogP contribution in [0.4, 0.5) is 19.0 Å². The fourth-order valence-electron chi connectivity index (χ4n) is 5.30. The zero-order valence-electron chi connectivity index (χ0n) is 18.2. The summed E-state index contributed by atoms with van der Waals surface area (Å²) in [6.45, 7) is 8.01. The molecule has 0 aromatic carbocycles. The normalized spacial score (nSPS) is 26.5. The number of imidazole rings is 1. The third-order valence-electron chi connectivity index (χ3n) is 6.89. The summed E-state index contributed by atoms with van der Waals surface area (Å²) in [5, 5.41) is 0. The van der Waals surface area contributed by atoms with E-state index in [-0.39, 0.29) is 11.7 Å². The molecule has 2 saturated heterocycles. The van der Waals surface area contributed by atoms with E-state index >= 15 is 0 Å². The highest BCUT2D eigenvalue weighted by molar-refractivity contribution is 5.64. The van der Waals surface area contributed by atoms with Crippen LogP contribution in [0.25, 0.3) is 11.3 Å². The number of rotatable bonds is 5. The van der Waals surface area contributed by atoms with Gasteiger partial charge in [-0.05, 0) is 30.7 Å². The summed E-state index contributed by atoms with van der Waals surface area (Å²) >= 11 is 0. The highest BCUT2D eigenvalue weighted by atomic mass is 19.4. The minimum absolute atomic E-state index is 0.185. The van der Waals surface area contributed by atoms with Gasteiger partial charge >= 0.3 is 6.36 Å². The maximum Gasteiger partial charge on any atom is 0.573 e. The van der Waals surface area contributed by atoms with Crippen LogP contribution in [0.15, 0.2) is 18.5 Å². The van der Waals surface area contributed by atoms with Gasteiger partial charge in [0, 0.05) is 62.3 Å².